The van der Waals surface area contributed by atoms with Crippen molar-refractivity contribution in [3.63, 3.8) is 0 Å². The Balaban J connectivity index is 2.36. The molecule has 0 saturated carbocycles. The van der Waals surface area contributed by atoms with Gasteiger partial charge in [-0.05, 0) is 25.5 Å². The maximum Gasteiger partial charge on any atom is 0.421 e. The zero-order valence-corrected chi connectivity index (χ0v) is 15.0. The molecule has 0 aliphatic heterocycles. The highest BCUT2D eigenvalue weighted by atomic mass is 19.4. The van der Waals surface area contributed by atoms with E-state index in [0.717, 1.165) is 19.0 Å². The summed E-state index contributed by atoms with van der Waals surface area (Å²) in [5.74, 6) is 0.317. The van der Waals surface area contributed by atoms with Crippen molar-refractivity contribution in [1.82, 2.24) is 9.97 Å². The summed E-state index contributed by atoms with van der Waals surface area (Å²) in [5.41, 5.74) is -0.411. The summed E-state index contributed by atoms with van der Waals surface area (Å²) in [6.07, 6.45) is -1.94. The minimum atomic E-state index is -4.58. The van der Waals surface area contributed by atoms with Crippen molar-refractivity contribution in [2.45, 2.75) is 32.9 Å². The predicted octanol–water partition coefficient (Wildman–Crippen LogP) is 4.84. The molecule has 0 spiro atoms. The topological polar surface area (TPSA) is 47.5 Å². The summed E-state index contributed by atoms with van der Waals surface area (Å²) in [7, 11) is 1.51. The molecule has 1 aromatic heterocycles. The number of ether oxygens (including phenoxy) is 2. The van der Waals surface area contributed by atoms with Gasteiger partial charge in [-0.3, -0.25) is 0 Å². The first-order valence-corrected chi connectivity index (χ1v) is 8.40. The molecule has 2 aromatic rings. The zero-order valence-electron chi connectivity index (χ0n) is 15.0. The third kappa shape index (κ3) is 5.00. The molecule has 0 saturated heterocycles. The Morgan fingerprint density at radius 1 is 1.15 bits per heavy atom. The highest BCUT2D eigenvalue weighted by molar-refractivity contribution is 5.64. The summed E-state index contributed by atoms with van der Waals surface area (Å²) in [5, 5.41) is 0. The Hall–Kier alpha value is -2.51. The van der Waals surface area contributed by atoms with E-state index in [1.165, 1.54) is 11.9 Å². The quantitative estimate of drug-likeness (QED) is 0.623. The van der Waals surface area contributed by atoms with Crippen LogP contribution in [-0.2, 0) is 6.18 Å². The van der Waals surface area contributed by atoms with Crippen molar-refractivity contribution >= 4 is 11.5 Å². The minimum absolute atomic E-state index is 0.0994. The molecule has 0 aliphatic rings. The molecule has 0 aliphatic carbocycles. The molecule has 8 heteroatoms. The van der Waals surface area contributed by atoms with Gasteiger partial charge in [0, 0.05) is 25.0 Å². The number of aromatic nitrogens is 2. The van der Waals surface area contributed by atoms with Gasteiger partial charge in [-0.2, -0.15) is 18.2 Å². The van der Waals surface area contributed by atoms with E-state index in [0.29, 0.717) is 18.0 Å². The molecular formula is C18H22F3N3O2. The number of halogens is 3. The standard InChI is InChI=1S/C18H22F3N3O2/c1-4-6-10-26-14-9-7-8-13(11-14)24(3)16-15(18(19,20)21)12-22-17(23-16)25-5-2/h7-9,11-12H,4-6,10H2,1-3H3. The Morgan fingerprint density at radius 2 is 1.92 bits per heavy atom. The molecule has 0 atom stereocenters. The van der Waals surface area contributed by atoms with E-state index in [9.17, 15) is 13.2 Å². The van der Waals surface area contributed by atoms with Gasteiger partial charge in [-0.1, -0.05) is 19.4 Å². The van der Waals surface area contributed by atoms with E-state index in [4.69, 9.17) is 9.47 Å². The molecular weight excluding hydrogens is 347 g/mol. The monoisotopic (exact) mass is 369 g/mol. The van der Waals surface area contributed by atoms with Crippen molar-refractivity contribution < 1.29 is 22.6 Å². The second-order valence-corrected chi connectivity index (χ2v) is 5.58. The van der Waals surface area contributed by atoms with Crippen molar-refractivity contribution in [3.8, 4) is 11.8 Å². The number of hydrogen-bond donors (Lipinski definition) is 0. The van der Waals surface area contributed by atoms with Crippen LogP contribution >= 0.6 is 0 Å². The van der Waals surface area contributed by atoms with Crippen LogP contribution in [0.1, 0.15) is 32.3 Å². The van der Waals surface area contributed by atoms with Gasteiger partial charge < -0.3 is 14.4 Å². The lowest BCUT2D eigenvalue weighted by molar-refractivity contribution is -0.137. The summed E-state index contributed by atoms with van der Waals surface area (Å²) < 4.78 is 50.8. The fourth-order valence-electron chi connectivity index (χ4n) is 2.25. The number of unbranched alkanes of at least 4 members (excludes halogenated alkanes) is 1. The summed E-state index contributed by atoms with van der Waals surface area (Å²) in [6, 6.07) is 6.76. The zero-order chi connectivity index (χ0) is 19.2. The SMILES string of the molecule is CCCCOc1cccc(N(C)c2nc(OCC)ncc2C(F)(F)F)c1. The first-order valence-electron chi connectivity index (χ1n) is 8.40. The summed E-state index contributed by atoms with van der Waals surface area (Å²) in [4.78, 5) is 8.92. The van der Waals surface area contributed by atoms with Crippen LogP contribution in [-0.4, -0.2) is 30.2 Å². The second-order valence-electron chi connectivity index (χ2n) is 5.58. The highest BCUT2D eigenvalue weighted by Crippen LogP contribution is 2.38. The maximum atomic E-state index is 13.4. The molecule has 1 heterocycles. The molecule has 0 bridgehead atoms. The van der Waals surface area contributed by atoms with Crippen molar-refractivity contribution in [2.75, 3.05) is 25.2 Å². The van der Waals surface area contributed by atoms with E-state index in [2.05, 4.69) is 16.9 Å². The normalized spacial score (nSPS) is 11.3. The lowest BCUT2D eigenvalue weighted by Gasteiger charge is -2.23. The van der Waals surface area contributed by atoms with Crippen LogP contribution in [0.4, 0.5) is 24.7 Å². The molecule has 2 rings (SSSR count). The van der Waals surface area contributed by atoms with Crippen LogP contribution in [0.2, 0.25) is 0 Å². The number of rotatable bonds is 8. The molecule has 0 N–H and O–H groups in total. The Labute approximate surface area is 150 Å². The van der Waals surface area contributed by atoms with Crippen molar-refractivity contribution in [3.05, 3.63) is 36.0 Å². The van der Waals surface area contributed by atoms with Crippen LogP contribution in [0.3, 0.4) is 0 Å². The van der Waals surface area contributed by atoms with Gasteiger partial charge >= 0.3 is 12.2 Å². The van der Waals surface area contributed by atoms with Gasteiger partial charge in [0.15, 0.2) is 5.82 Å². The van der Waals surface area contributed by atoms with Gasteiger partial charge in [-0.25, -0.2) is 4.98 Å². The Bertz CT molecular complexity index is 723. The van der Waals surface area contributed by atoms with E-state index >= 15 is 0 Å². The third-order valence-electron chi connectivity index (χ3n) is 3.61. The smallest absolute Gasteiger partial charge is 0.421 e. The van der Waals surface area contributed by atoms with E-state index in [1.54, 1.807) is 31.2 Å². The fourth-order valence-corrected chi connectivity index (χ4v) is 2.25. The molecule has 5 nitrogen and oxygen atoms in total. The number of nitrogens with zero attached hydrogens (tertiary/aromatic N) is 3. The lowest BCUT2D eigenvalue weighted by Crippen LogP contribution is -2.19. The van der Waals surface area contributed by atoms with Gasteiger partial charge in [-0.15, -0.1) is 0 Å². The van der Waals surface area contributed by atoms with Crippen molar-refractivity contribution in [2.24, 2.45) is 0 Å². The average Bonchev–Trinajstić information content (AvgIpc) is 2.61. The van der Waals surface area contributed by atoms with Gasteiger partial charge in [0.05, 0.1) is 13.2 Å². The van der Waals surface area contributed by atoms with Gasteiger partial charge in [0.2, 0.25) is 0 Å². The second kappa shape index (κ2) is 8.73. The maximum absolute atomic E-state index is 13.4. The van der Waals surface area contributed by atoms with E-state index in [-0.39, 0.29) is 18.4 Å². The Morgan fingerprint density at radius 3 is 2.58 bits per heavy atom. The first kappa shape index (κ1) is 19.8. The number of anilines is 2. The molecule has 142 valence electrons. The average molecular weight is 369 g/mol. The highest BCUT2D eigenvalue weighted by Gasteiger charge is 2.36. The van der Waals surface area contributed by atoms with Crippen LogP contribution < -0.4 is 14.4 Å². The number of benzene rings is 1. The lowest BCUT2D eigenvalue weighted by atomic mass is 10.2. The van der Waals surface area contributed by atoms with E-state index < -0.39 is 11.7 Å². The van der Waals surface area contributed by atoms with Crippen LogP contribution in [0.15, 0.2) is 30.5 Å². The Kier molecular flexibility index (Phi) is 6.65. The molecule has 0 amide bonds. The third-order valence-corrected chi connectivity index (χ3v) is 3.61. The minimum Gasteiger partial charge on any atom is -0.494 e. The van der Waals surface area contributed by atoms with E-state index in [1.807, 2.05) is 0 Å². The van der Waals surface area contributed by atoms with Gasteiger partial charge in [0.1, 0.15) is 11.3 Å². The first-order chi connectivity index (χ1) is 12.4. The van der Waals surface area contributed by atoms with Crippen LogP contribution in [0.25, 0.3) is 0 Å². The molecule has 26 heavy (non-hydrogen) atoms. The molecule has 0 radical (unpaired) electrons. The number of hydrogen-bond acceptors (Lipinski definition) is 5. The fraction of sp³-hybridized carbons (Fsp3) is 0.444. The summed E-state index contributed by atoms with van der Waals surface area (Å²) >= 11 is 0. The predicted molar refractivity (Wildman–Crippen MR) is 93.1 cm³/mol. The summed E-state index contributed by atoms with van der Waals surface area (Å²) in [6.45, 7) is 4.58. The van der Waals surface area contributed by atoms with Crippen LogP contribution in [0.5, 0.6) is 11.8 Å². The molecule has 1 aromatic carbocycles. The molecule has 0 unspecified atom stereocenters. The largest absolute Gasteiger partial charge is 0.494 e. The van der Waals surface area contributed by atoms with Gasteiger partial charge in [0.25, 0.3) is 0 Å². The van der Waals surface area contributed by atoms with Crippen LogP contribution in [0, 0.1) is 0 Å². The molecule has 0 fully saturated rings. The number of alkyl halides is 3. The van der Waals surface area contributed by atoms with Crippen molar-refractivity contribution in [1.29, 1.82) is 0 Å².